The van der Waals surface area contributed by atoms with Gasteiger partial charge in [0.2, 0.25) is 0 Å². The lowest BCUT2D eigenvalue weighted by Gasteiger charge is -2.58. The maximum Gasteiger partial charge on any atom is 0.302 e. The number of ether oxygens (including phenoxy) is 1. The molecule has 0 aromatic rings. The van der Waals surface area contributed by atoms with Crippen molar-refractivity contribution in [3.63, 3.8) is 0 Å². The highest BCUT2D eigenvalue weighted by atomic mass is 16.5. The van der Waals surface area contributed by atoms with Gasteiger partial charge in [-0.3, -0.25) is 9.59 Å². The van der Waals surface area contributed by atoms with Gasteiger partial charge in [-0.25, -0.2) is 0 Å². The number of hydrogen-bond donors (Lipinski definition) is 0. The molecule has 0 aromatic heterocycles. The molecule has 3 nitrogen and oxygen atoms in total. The highest BCUT2D eigenvalue weighted by Gasteiger charge is 2.59. The van der Waals surface area contributed by atoms with E-state index in [2.05, 4.69) is 19.9 Å². The summed E-state index contributed by atoms with van der Waals surface area (Å²) in [7, 11) is 0. The lowest BCUT2D eigenvalue weighted by molar-refractivity contribution is -0.149. The van der Waals surface area contributed by atoms with Crippen molar-refractivity contribution >= 4 is 11.8 Å². The van der Waals surface area contributed by atoms with Crippen molar-refractivity contribution in [1.82, 2.24) is 0 Å². The lowest BCUT2D eigenvalue weighted by atomic mass is 9.47. The first-order valence-corrected chi connectivity index (χ1v) is 10.6. The first-order chi connectivity index (χ1) is 12.3. The molecule has 3 saturated carbocycles. The Morgan fingerprint density at radius 2 is 1.81 bits per heavy atom. The topological polar surface area (TPSA) is 43.4 Å². The van der Waals surface area contributed by atoms with Crippen molar-refractivity contribution in [3.05, 3.63) is 11.6 Å². The van der Waals surface area contributed by atoms with E-state index < -0.39 is 0 Å². The van der Waals surface area contributed by atoms with Crippen LogP contribution in [0, 0.1) is 34.5 Å². The molecular formula is C23H34O3. The van der Waals surface area contributed by atoms with E-state index in [1.54, 1.807) is 12.5 Å². The van der Waals surface area contributed by atoms with E-state index in [9.17, 15) is 9.59 Å². The molecule has 0 aromatic carbocycles. The Hall–Kier alpha value is -1.12. The molecule has 4 aliphatic carbocycles. The van der Waals surface area contributed by atoms with Gasteiger partial charge in [0, 0.05) is 19.3 Å². The second-order valence-corrected chi connectivity index (χ2v) is 10.0. The number of Topliss-reactive ketones (excluding diaryl/α,β-unsaturated/α-hetero) is 1. The van der Waals surface area contributed by atoms with Crippen molar-refractivity contribution in [2.24, 2.45) is 34.5 Å². The number of ketones is 1. The summed E-state index contributed by atoms with van der Waals surface area (Å²) < 4.78 is 5.53. The molecule has 0 heterocycles. The number of carbonyl (C=O) groups excluding carboxylic acids is 2. The normalized spacial score (nSPS) is 47.2. The molecule has 3 heteroatoms. The SMILES string of the molecule is CC(=O)O[C@H]1CC[C@@]2(C)C(=CCC3C4CCC(C(C)=O)[C@@]4(C)CCC32)C1. The van der Waals surface area contributed by atoms with E-state index in [1.807, 2.05) is 0 Å². The second-order valence-electron chi connectivity index (χ2n) is 10.0. The molecule has 0 bridgehead atoms. The first kappa shape index (κ1) is 18.3. The van der Waals surface area contributed by atoms with Crippen LogP contribution < -0.4 is 0 Å². The summed E-state index contributed by atoms with van der Waals surface area (Å²) in [6.07, 6.45) is 11.6. The van der Waals surface area contributed by atoms with Crippen LogP contribution in [-0.4, -0.2) is 17.9 Å². The number of carbonyl (C=O) groups is 2. The molecule has 4 unspecified atom stereocenters. The van der Waals surface area contributed by atoms with E-state index in [0.29, 0.717) is 11.7 Å². The maximum absolute atomic E-state index is 12.2. The Morgan fingerprint density at radius 1 is 1.04 bits per heavy atom. The molecule has 4 rings (SSSR count). The molecule has 0 amide bonds. The fraction of sp³-hybridized carbons (Fsp3) is 0.826. The second kappa shape index (κ2) is 6.21. The molecule has 144 valence electrons. The summed E-state index contributed by atoms with van der Waals surface area (Å²) in [5.74, 6) is 2.72. The highest BCUT2D eigenvalue weighted by molar-refractivity contribution is 5.79. The standard InChI is InChI=1S/C23H34O3/c1-14(24)19-7-8-20-18-6-5-16-13-17(26-15(2)25)9-11-22(16,3)21(18)10-12-23(19,20)4/h5,17-21H,6-13H2,1-4H3/t17-,18?,19?,20?,21?,22-,23+/m0/s1. The summed E-state index contributed by atoms with van der Waals surface area (Å²) in [4.78, 5) is 23.6. The van der Waals surface area contributed by atoms with Gasteiger partial charge in [-0.05, 0) is 80.5 Å². The molecule has 7 atom stereocenters. The molecule has 4 aliphatic rings. The average Bonchev–Trinajstić information content (AvgIpc) is 2.92. The predicted molar refractivity (Wildman–Crippen MR) is 101 cm³/mol. The van der Waals surface area contributed by atoms with Crippen LogP contribution in [0.3, 0.4) is 0 Å². The number of rotatable bonds is 2. The quantitative estimate of drug-likeness (QED) is 0.510. The van der Waals surface area contributed by atoms with Gasteiger partial charge in [0.15, 0.2) is 0 Å². The number of allylic oxidation sites excluding steroid dienone is 1. The minimum absolute atomic E-state index is 0.0748. The number of esters is 1. The zero-order valence-corrected chi connectivity index (χ0v) is 16.8. The van der Waals surface area contributed by atoms with Gasteiger partial charge in [-0.2, -0.15) is 0 Å². The van der Waals surface area contributed by atoms with Crippen molar-refractivity contribution in [2.45, 2.75) is 85.2 Å². The van der Waals surface area contributed by atoms with Crippen molar-refractivity contribution in [3.8, 4) is 0 Å². The van der Waals surface area contributed by atoms with Crippen LogP contribution in [0.2, 0.25) is 0 Å². The molecule has 0 spiro atoms. The van der Waals surface area contributed by atoms with Gasteiger partial charge in [-0.15, -0.1) is 0 Å². The molecule has 0 saturated heterocycles. The third-order valence-electron chi connectivity index (χ3n) is 8.88. The predicted octanol–water partition coefficient (Wildman–Crippen LogP) is 5.09. The molecule has 0 aliphatic heterocycles. The van der Waals surface area contributed by atoms with Gasteiger partial charge in [-0.1, -0.05) is 25.5 Å². The maximum atomic E-state index is 12.2. The van der Waals surface area contributed by atoms with Crippen LogP contribution in [0.5, 0.6) is 0 Å². The zero-order chi connectivity index (χ0) is 18.7. The van der Waals surface area contributed by atoms with Crippen LogP contribution in [0.4, 0.5) is 0 Å². The van der Waals surface area contributed by atoms with Crippen LogP contribution in [-0.2, 0) is 14.3 Å². The zero-order valence-electron chi connectivity index (χ0n) is 16.8. The van der Waals surface area contributed by atoms with Crippen molar-refractivity contribution in [1.29, 1.82) is 0 Å². The molecule has 26 heavy (non-hydrogen) atoms. The number of hydrogen-bond acceptors (Lipinski definition) is 3. The summed E-state index contributed by atoms with van der Waals surface area (Å²) in [5.41, 5.74) is 2.04. The molecule has 0 N–H and O–H groups in total. The van der Waals surface area contributed by atoms with E-state index in [0.717, 1.165) is 43.9 Å². The fourth-order valence-corrected chi connectivity index (χ4v) is 7.63. The lowest BCUT2D eigenvalue weighted by Crippen LogP contribution is -2.51. The third-order valence-corrected chi connectivity index (χ3v) is 8.88. The minimum Gasteiger partial charge on any atom is -0.462 e. The Bertz CT molecular complexity index is 650. The average molecular weight is 359 g/mol. The minimum atomic E-state index is -0.150. The summed E-state index contributed by atoms with van der Waals surface area (Å²) in [6.45, 7) is 8.21. The van der Waals surface area contributed by atoms with Crippen LogP contribution >= 0.6 is 0 Å². The van der Waals surface area contributed by atoms with Crippen molar-refractivity contribution < 1.29 is 14.3 Å². The largest absolute Gasteiger partial charge is 0.462 e. The molecule has 0 radical (unpaired) electrons. The van der Waals surface area contributed by atoms with Crippen LogP contribution in [0.25, 0.3) is 0 Å². The smallest absolute Gasteiger partial charge is 0.302 e. The van der Waals surface area contributed by atoms with E-state index >= 15 is 0 Å². The molecular weight excluding hydrogens is 324 g/mol. The van der Waals surface area contributed by atoms with E-state index in [4.69, 9.17) is 4.74 Å². The Kier molecular flexibility index (Phi) is 4.36. The summed E-state index contributed by atoms with van der Waals surface area (Å²) in [5, 5.41) is 0. The van der Waals surface area contributed by atoms with Crippen LogP contribution in [0.15, 0.2) is 11.6 Å². The van der Waals surface area contributed by atoms with E-state index in [1.165, 1.54) is 26.2 Å². The summed E-state index contributed by atoms with van der Waals surface area (Å²) in [6, 6.07) is 0. The number of fused-ring (bicyclic) bond motifs is 5. The monoisotopic (exact) mass is 358 g/mol. The van der Waals surface area contributed by atoms with Gasteiger partial charge in [0.1, 0.15) is 11.9 Å². The van der Waals surface area contributed by atoms with Gasteiger partial charge >= 0.3 is 5.97 Å². The Labute approximate surface area is 157 Å². The Balaban J connectivity index is 1.59. The summed E-state index contributed by atoms with van der Waals surface area (Å²) >= 11 is 0. The third kappa shape index (κ3) is 2.60. The van der Waals surface area contributed by atoms with E-state index in [-0.39, 0.29) is 28.8 Å². The highest BCUT2D eigenvalue weighted by Crippen LogP contribution is 2.66. The van der Waals surface area contributed by atoms with Gasteiger partial charge in [0.05, 0.1) is 0 Å². The first-order valence-electron chi connectivity index (χ1n) is 10.6. The van der Waals surface area contributed by atoms with Gasteiger partial charge in [0.25, 0.3) is 0 Å². The van der Waals surface area contributed by atoms with Crippen LogP contribution in [0.1, 0.15) is 79.1 Å². The fourth-order valence-electron chi connectivity index (χ4n) is 7.63. The van der Waals surface area contributed by atoms with Gasteiger partial charge < -0.3 is 4.74 Å². The Morgan fingerprint density at radius 3 is 2.50 bits per heavy atom. The van der Waals surface area contributed by atoms with Crippen molar-refractivity contribution in [2.75, 3.05) is 0 Å². The molecule has 3 fully saturated rings.